The predicted octanol–water partition coefficient (Wildman–Crippen LogP) is 2.20. The number of benzene rings is 1. The Morgan fingerprint density at radius 3 is 2.67 bits per heavy atom. The summed E-state index contributed by atoms with van der Waals surface area (Å²) in [7, 11) is 0. The van der Waals surface area contributed by atoms with Crippen LogP contribution >= 0.6 is 0 Å². The first-order chi connectivity index (χ1) is 11.5. The molecule has 124 valence electrons. The Balaban J connectivity index is 2.01. The van der Waals surface area contributed by atoms with E-state index in [1.165, 1.54) is 12.4 Å². The lowest BCUT2D eigenvalue weighted by Crippen LogP contribution is -2.45. The van der Waals surface area contributed by atoms with Crippen molar-refractivity contribution in [1.82, 2.24) is 10.3 Å². The summed E-state index contributed by atoms with van der Waals surface area (Å²) in [6.07, 6.45) is 1.89. The average molecular weight is 325 g/mol. The maximum atomic E-state index is 12.4. The zero-order valence-electron chi connectivity index (χ0n) is 13.5. The molecule has 0 aliphatic carbocycles. The molecule has 6 nitrogen and oxygen atoms in total. The Hall–Kier alpha value is -2.86. The second-order valence-electron chi connectivity index (χ2n) is 5.63. The number of pyridine rings is 1. The van der Waals surface area contributed by atoms with Crippen molar-refractivity contribution < 1.29 is 15.0 Å². The van der Waals surface area contributed by atoms with Gasteiger partial charge in [-0.15, -0.1) is 0 Å². The zero-order valence-corrected chi connectivity index (χ0v) is 13.5. The van der Waals surface area contributed by atoms with Crippen LogP contribution in [0.3, 0.4) is 0 Å². The third-order valence-electron chi connectivity index (χ3n) is 4.06. The van der Waals surface area contributed by atoms with E-state index in [9.17, 15) is 15.0 Å². The smallest absolute Gasteiger partial charge is 0.255 e. The first-order valence-corrected chi connectivity index (χ1v) is 7.73. The Bertz CT molecular complexity index is 802. The highest BCUT2D eigenvalue weighted by atomic mass is 16.3. The van der Waals surface area contributed by atoms with Gasteiger partial charge in [0.2, 0.25) is 0 Å². The topological polar surface area (TPSA) is 85.7 Å². The largest absolute Gasteiger partial charge is 0.505 e. The number of nitrogens with one attached hydrogen (secondary N) is 1. The van der Waals surface area contributed by atoms with Crippen molar-refractivity contribution in [2.24, 2.45) is 0 Å². The molecule has 0 radical (unpaired) electrons. The molecule has 1 atom stereocenters. The molecule has 0 bridgehead atoms. The van der Waals surface area contributed by atoms with Gasteiger partial charge in [0.05, 0.1) is 5.69 Å². The summed E-state index contributed by atoms with van der Waals surface area (Å²) in [5, 5.41) is 23.8. The van der Waals surface area contributed by atoms with Crippen LogP contribution in [0.15, 0.2) is 48.4 Å². The van der Waals surface area contributed by atoms with Crippen LogP contribution in [-0.4, -0.2) is 33.9 Å². The molecule has 0 spiro atoms. The van der Waals surface area contributed by atoms with E-state index in [1.807, 2.05) is 26.0 Å². The van der Waals surface area contributed by atoms with E-state index in [1.54, 1.807) is 23.1 Å². The SMILES string of the molecule is CCN1c2cc(C)ccc2C(O)=C(NC(=O)c2ccncc2)C1O. The fourth-order valence-electron chi connectivity index (χ4n) is 2.80. The number of likely N-dealkylation sites (N-methyl/N-ethyl adjacent to an activating group) is 1. The van der Waals surface area contributed by atoms with Gasteiger partial charge in [0, 0.05) is 30.1 Å². The quantitative estimate of drug-likeness (QED) is 0.805. The molecule has 6 heteroatoms. The van der Waals surface area contributed by atoms with Gasteiger partial charge in [-0.3, -0.25) is 9.78 Å². The summed E-state index contributed by atoms with van der Waals surface area (Å²) in [5.41, 5.74) is 2.82. The number of aliphatic hydroxyl groups excluding tert-OH is 2. The van der Waals surface area contributed by atoms with Crippen molar-refractivity contribution in [2.45, 2.75) is 20.1 Å². The van der Waals surface area contributed by atoms with Crippen LogP contribution < -0.4 is 10.2 Å². The van der Waals surface area contributed by atoms with Crippen molar-refractivity contribution in [3.05, 3.63) is 65.1 Å². The fraction of sp³-hybridized carbons (Fsp3) is 0.222. The zero-order chi connectivity index (χ0) is 17.3. The molecule has 1 amide bonds. The number of nitrogens with zero attached hydrogens (tertiary/aromatic N) is 2. The van der Waals surface area contributed by atoms with Crippen LogP contribution in [0.25, 0.3) is 5.76 Å². The van der Waals surface area contributed by atoms with E-state index in [-0.39, 0.29) is 11.5 Å². The lowest BCUT2D eigenvalue weighted by Gasteiger charge is -2.36. The molecule has 1 aromatic carbocycles. The molecule has 0 saturated carbocycles. The van der Waals surface area contributed by atoms with E-state index < -0.39 is 12.1 Å². The third-order valence-corrected chi connectivity index (χ3v) is 4.06. The number of aryl methyl sites for hydroxylation is 1. The van der Waals surface area contributed by atoms with E-state index in [0.717, 1.165) is 11.3 Å². The number of carbonyl (C=O) groups excluding carboxylic acids is 1. The van der Waals surface area contributed by atoms with E-state index in [4.69, 9.17) is 0 Å². The van der Waals surface area contributed by atoms with Gasteiger partial charge in [-0.1, -0.05) is 6.07 Å². The number of amides is 1. The summed E-state index contributed by atoms with van der Waals surface area (Å²) < 4.78 is 0. The lowest BCUT2D eigenvalue weighted by molar-refractivity contribution is 0.0944. The van der Waals surface area contributed by atoms with Gasteiger partial charge in [0.15, 0.2) is 6.23 Å². The summed E-state index contributed by atoms with van der Waals surface area (Å²) in [6.45, 7) is 4.38. The summed E-state index contributed by atoms with van der Waals surface area (Å²) in [4.78, 5) is 17.9. The van der Waals surface area contributed by atoms with Gasteiger partial charge in [-0.25, -0.2) is 0 Å². The van der Waals surface area contributed by atoms with Crippen LogP contribution in [0, 0.1) is 6.92 Å². The molecule has 1 aliphatic heterocycles. The van der Waals surface area contributed by atoms with Crippen molar-refractivity contribution in [2.75, 3.05) is 11.4 Å². The minimum absolute atomic E-state index is 0.0787. The normalized spacial score (nSPS) is 16.8. The molecule has 0 saturated heterocycles. The predicted molar refractivity (Wildman–Crippen MR) is 91.5 cm³/mol. The van der Waals surface area contributed by atoms with E-state index >= 15 is 0 Å². The number of hydrogen-bond acceptors (Lipinski definition) is 5. The van der Waals surface area contributed by atoms with Crippen LogP contribution in [0.2, 0.25) is 0 Å². The molecule has 1 unspecified atom stereocenters. The number of aliphatic hydroxyl groups is 2. The van der Waals surface area contributed by atoms with Crippen molar-refractivity contribution >= 4 is 17.4 Å². The summed E-state index contributed by atoms with van der Waals surface area (Å²) in [5.74, 6) is -0.533. The minimum Gasteiger partial charge on any atom is -0.505 e. The lowest BCUT2D eigenvalue weighted by atomic mass is 10.0. The third kappa shape index (κ3) is 2.72. The van der Waals surface area contributed by atoms with Crippen molar-refractivity contribution in [3.63, 3.8) is 0 Å². The van der Waals surface area contributed by atoms with Gasteiger partial charge in [0.1, 0.15) is 11.5 Å². The molecule has 24 heavy (non-hydrogen) atoms. The van der Waals surface area contributed by atoms with Gasteiger partial charge >= 0.3 is 0 Å². The Kier molecular flexibility index (Phi) is 4.22. The maximum Gasteiger partial charge on any atom is 0.255 e. The second-order valence-corrected chi connectivity index (χ2v) is 5.63. The number of aromatic nitrogens is 1. The number of rotatable bonds is 3. The number of hydrogen-bond donors (Lipinski definition) is 3. The highest BCUT2D eigenvalue weighted by Gasteiger charge is 2.32. The van der Waals surface area contributed by atoms with Crippen LogP contribution in [-0.2, 0) is 0 Å². The molecular formula is C18H19N3O3. The Morgan fingerprint density at radius 1 is 1.29 bits per heavy atom. The monoisotopic (exact) mass is 325 g/mol. The molecular weight excluding hydrogens is 306 g/mol. The van der Waals surface area contributed by atoms with E-state index in [0.29, 0.717) is 17.7 Å². The van der Waals surface area contributed by atoms with Crippen LogP contribution in [0.1, 0.15) is 28.4 Å². The second kappa shape index (κ2) is 6.33. The average Bonchev–Trinajstić information content (AvgIpc) is 2.59. The molecule has 1 aromatic heterocycles. The van der Waals surface area contributed by atoms with Crippen molar-refractivity contribution in [3.8, 4) is 0 Å². The maximum absolute atomic E-state index is 12.4. The minimum atomic E-state index is -1.13. The molecule has 2 aromatic rings. The molecule has 0 fully saturated rings. The summed E-state index contributed by atoms with van der Waals surface area (Å²) in [6, 6.07) is 8.70. The number of fused-ring (bicyclic) bond motifs is 1. The Labute approximate surface area is 140 Å². The first kappa shape index (κ1) is 16.0. The molecule has 3 N–H and O–H groups in total. The van der Waals surface area contributed by atoms with E-state index in [2.05, 4.69) is 10.3 Å². The number of carbonyl (C=O) groups is 1. The van der Waals surface area contributed by atoms with Crippen molar-refractivity contribution in [1.29, 1.82) is 0 Å². The van der Waals surface area contributed by atoms with Crippen LogP contribution in [0.4, 0.5) is 5.69 Å². The number of anilines is 1. The fourth-order valence-corrected chi connectivity index (χ4v) is 2.80. The molecule has 1 aliphatic rings. The highest BCUT2D eigenvalue weighted by molar-refractivity contribution is 5.96. The van der Waals surface area contributed by atoms with Gasteiger partial charge in [-0.05, 0) is 43.7 Å². The summed E-state index contributed by atoms with van der Waals surface area (Å²) >= 11 is 0. The highest BCUT2D eigenvalue weighted by Crippen LogP contribution is 2.35. The van der Waals surface area contributed by atoms with Gasteiger partial charge in [0.25, 0.3) is 5.91 Å². The first-order valence-electron chi connectivity index (χ1n) is 7.73. The van der Waals surface area contributed by atoms with Gasteiger partial charge in [-0.2, -0.15) is 0 Å². The van der Waals surface area contributed by atoms with Gasteiger partial charge < -0.3 is 20.4 Å². The van der Waals surface area contributed by atoms with Crippen LogP contribution in [0.5, 0.6) is 0 Å². The standard InChI is InChI=1S/C18H19N3O3/c1-3-21-14-10-11(2)4-5-13(14)16(22)15(18(21)24)20-17(23)12-6-8-19-9-7-12/h4-10,18,22,24H,3H2,1-2H3,(H,20,23). The Morgan fingerprint density at radius 2 is 2.00 bits per heavy atom. The molecule has 3 rings (SSSR count). The molecule has 2 heterocycles.